The number of methoxy groups -OCH3 is 1. The van der Waals surface area contributed by atoms with Crippen LogP contribution in [0.15, 0.2) is 18.2 Å². The third-order valence-corrected chi connectivity index (χ3v) is 4.30. The lowest BCUT2D eigenvalue weighted by Crippen LogP contribution is -2.36. The van der Waals surface area contributed by atoms with Crippen LogP contribution in [0.1, 0.15) is 24.0 Å². The lowest BCUT2D eigenvalue weighted by molar-refractivity contribution is 0.157. The maximum absolute atomic E-state index is 5.79. The molecule has 1 fully saturated rings. The van der Waals surface area contributed by atoms with Crippen LogP contribution in [0.3, 0.4) is 0 Å². The molecule has 0 amide bonds. The van der Waals surface area contributed by atoms with Gasteiger partial charge in [-0.2, -0.15) is 0 Å². The maximum Gasteiger partial charge on any atom is 0.123 e. The van der Waals surface area contributed by atoms with Gasteiger partial charge in [-0.05, 0) is 63.6 Å². The van der Waals surface area contributed by atoms with Gasteiger partial charge < -0.3 is 15.4 Å². The van der Waals surface area contributed by atoms with Crippen molar-refractivity contribution < 1.29 is 4.74 Å². The van der Waals surface area contributed by atoms with Crippen molar-refractivity contribution >= 4 is 0 Å². The summed E-state index contributed by atoms with van der Waals surface area (Å²) in [6.07, 6.45) is 2.61. The van der Waals surface area contributed by atoms with E-state index in [9.17, 15) is 0 Å². The van der Waals surface area contributed by atoms with Gasteiger partial charge in [0.1, 0.15) is 5.75 Å². The Hall–Kier alpha value is -1.10. The van der Waals surface area contributed by atoms with Crippen molar-refractivity contribution in [3.63, 3.8) is 0 Å². The summed E-state index contributed by atoms with van der Waals surface area (Å²) in [6, 6.07) is 6.38. The number of hydrogen-bond donors (Lipinski definition) is 1. The van der Waals surface area contributed by atoms with E-state index in [-0.39, 0.29) is 0 Å². The smallest absolute Gasteiger partial charge is 0.123 e. The van der Waals surface area contributed by atoms with Crippen LogP contribution in [0.25, 0.3) is 0 Å². The Morgan fingerprint density at radius 2 is 2.00 bits per heavy atom. The molecule has 2 rings (SSSR count). The molecule has 0 radical (unpaired) electrons. The zero-order valence-electron chi connectivity index (χ0n) is 13.6. The Morgan fingerprint density at radius 1 is 1.29 bits per heavy atom. The Bertz CT molecular complexity index is 440. The normalized spacial score (nSPS) is 17.4. The zero-order chi connectivity index (χ0) is 15.2. The molecule has 4 nitrogen and oxygen atoms in total. The summed E-state index contributed by atoms with van der Waals surface area (Å²) in [7, 11) is 6.03. The standard InChI is InChI=1S/C17H29N3O/c1-19(2)12-14-6-8-20(9-7-14)13-15-4-5-17(21-3)16(10-15)11-18/h4-5,10,14H,6-9,11-13,18H2,1-3H3. The topological polar surface area (TPSA) is 41.7 Å². The van der Waals surface area contributed by atoms with Gasteiger partial charge >= 0.3 is 0 Å². The van der Waals surface area contributed by atoms with Crippen molar-refractivity contribution in [2.24, 2.45) is 11.7 Å². The zero-order valence-corrected chi connectivity index (χ0v) is 13.6. The third-order valence-electron chi connectivity index (χ3n) is 4.30. The minimum atomic E-state index is 0.530. The number of rotatable bonds is 6. The van der Waals surface area contributed by atoms with Crippen LogP contribution < -0.4 is 10.5 Å². The molecule has 0 unspecified atom stereocenters. The van der Waals surface area contributed by atoms with Crippen LogP contribution >= 0.6 is 0 Å². The molecule has 1 saturated heterocycles. The highest BCUT2D eigenvalue weighted by Crippen LogP contribution is 2.23. The van der Waals surface area contributed by atoms with Gasteiger partial charge in [0.15, 0.2) is 0 Å². The minimum absolute atomic E-state index is 0.530. The number of hydrogen-bond acceptors (Lipinski definition) is 4. The van der Waals surface area contributed by atoms with E-state index in [2.05, 4.69) is 36.0 Å². The fourth-order valence-electron chi connectivity index (χ4n) is 3.19. The monoisotopic (exact) mass is 291 g/mol. The number of piperidine rings is 1. The Morgan fingerprint density at radius 3 is 2.57 bits per heavy atom. The molecule has 0 aromatic heterocycles. The second-order valence-electron chi connectivity index (χ2n) is 6.33. The van der Waals surface area contributed by atoms with E-state index in [0.29, 0.717) is 6.54 Å². The Balaban J connectivity index is 1.88. The van der Waals surface area contributed by atoms with Gasteiger partial charge in [-0.25, -0.2) is 0 Å². The Labute approximate surface area is 128 Å². The van der Waals surface area contributed by atoms with Crippen molar-refractivity contribution in [1.29, 1.82) is 0 Å². The minimum Gasteiger partial charge on any atom is -0.496 e. The summed E-state index contributed by atoms with van der Waals surface area (Å²) in [5.41, 5.74) is 8.22. The quantitative estimate of drug-likeness (QED) is 0.869. The average Bonchev–Trinajstić information content (AvgIpc) is 2.48. The van der Waals surface area contributed by atoms with E-state index in [1.54, 1.807) is 7.11 Å². The fourth-order valence-corrected chi connectivity index (χ4v) is 3.19. The first-order chi connectivity index (χ1) is 10.1. The van der Waals surface area contributed by atoms with Crippen molar-refractivity contribution in [3.05, 3.63) is 29.3 Å². The lowest BCUT2D eigenvalue weighted by Gasteiger charge is -2.33. The second-order valence-corrected chi connectivity index (χ2v) is 6.33. The van der Waals surface area contributed by atoms with Crippen molar-refractivity contribution in [2.45, 2.75) is 25.9 Å². The van der Waals surface area contributed by atoms with E-state index in [4.69, 9.17) is 10.5 Å². The van der Waals surface area contributed by atoms with E-state index >= 15 is 0 Å². The molecule has 0 spiro atoms. The van der Waals surface area contributed by atoms with Crippen molar-refractivity contribution in [3.8, 4) is 5.75 Å². The SMILES string of the molecule is COc1ccc(CN2CCC(CN(C)C)CC2)cc1CN. The van der Waals surface area contributed by atoms with E-state index in [1.165, 1.54) is 38.0 Å². The number of nitrogens with two attached hydrogens (primary N) is 1. The van der Waals surface area contributed by atoms with Gasteiger partial charge in [-0.1, -0.05) is 6.07 Å². The molecule has 1 aliphatic heterocycles. The van der Waals surface area contributed by atoms with Gasteiger partial charge in [0.25, 0.3) is 0 Å². The fraction of sp³-hybridized carbons (Fsp3) is 0.647. The second kappa shape index (κ2) is 7.78. The highest BCUT2D eigenvalue weighted by Gasteiger charge is 2.19. The van der Waals surface area contributed by atoms with Crippen molar-refractivity contribution in [1.82, 2.24) is 9.80 Å². The van der Waals surface area contributed by atoms with Gasteiger partial charge in [-0.15, -0.1) is 0 Å². The molecule has 0 saturated carbocycles. The summed E-state index contributed by atoms with van der Waals surface area (Å²) >= 11 is 0. The lowest BCUT2D eigenvalue weighted by atomic mass is 9.96. The molecule has 1 aromatic rings. The summed E-state index contributed by atoms with van der Waals surface area (Å²) in [4.78, 5) is 4.85. The van der Waals surface area contributed by atoms with Crippen LogP contribution in [0.5, 0.6) is 5.75 Å². The molecule has 4 heteroatoms. The molecule has 1 heterocycles. The molecule has 0 aliphatic carbocycles. The van der Waals surface area contributed by atoms with Crippen LogP contribution in [0.2, 0.25) is 0 Å². The van der Waals surface area contributed by atoms with Crippen molar-refractivity contribution in [2.75, 3.05) is 40.8 Å². The summed E-state index contributed by atoms with van der Waals surface area (Å²) in [6.45, 7) is 5.16. The number of benzene rings is 1. The van der Waals surface area contributed by atoms with Crippen LogP contribution in [-0.2, 0) is 13.1 Å². The number of likely N-dealkylation sites (tertiary alicyclic amines) is 1. The molecule has 21 heavy (non-hydrogen) atoms. The Kier molecular flexibility index (Phi) is 6.03. The maximum atomic E-state index is 5.79. The molecule has 118 valence electrons. The third kappa shape index (κ3) is 4.70. The average molecular weight is 291 g/mol. The molecule has 0 atom stereocenters. The molecular weight excluding hydrogens is 262 g/mol. The predicted molar refractivity (Wildman–Crippen MR) is 87.4 cm³/mol. The number of ether oxygens (including phenoxy) is 1. The molecule has 1 aromatic carbocycles. The largest absolute Gasteiger partial charge is 0.496 e. The van der Waals surface area contributed by atoms with Gasteiger partial charge in [-0.3, -0.25) is 4.90 Å². The van der Waals surface area contributed by atoms with Gasteiger partial charge in [0.2, 0.25) is 0 Å². The highest BCUT2D eigenvalue weighted by atomic mass is 16.5. The van der Waals surface area contributed by atoms with E-state index < -0.39 is 0 Å². The molecule has 1 aliphatic rings. The predicted octanol–water partition coefficient (Wildman–Crippen LogP) is 1.93. The van der Waals surface area contributed by atoms with Gasteiger partial charge in [0, 0.05) is 25.2 Å². The van der Waals surface area contributed by atoms with E-state index in [0.717, 1.165) is 23.8 Å². The molecule has 2 N–H and O–H groups in total. The number of nitrogens with zero attached hydrogens (tertiary/aromatic N) is 2. The molecule has 0 bridgehead atoms. The van der Waals surface area contributed by atoms with Crippen LogP contribution in [-0.4, -0.2) is 50.6 Å². The highest BCUT2D eigenvalue weighted by molar-refractivity contribution is 5.37. The van der Waals surface area contributed by atoms with Gasteiger partial charge in [0.05, 0.1) is 7.11 Å². The van der Waals surface area contributed by atoms with Crippen LogP contribution in [0.4, 0.5) is 0 Å². The summed E-state index contributed by atoms with van der Waals surface area (Å²) in [5.74, 6) is 1.75. The van der Waals surface area contributed by atoms with E-state index in [1.807, 2.05) is 6.07 Å². The molecular formula is C17H29N3O. The van der Waals surface area contributed by atoms with Crippen LogP contribution in [0, 0.1) is 5.92 Å². The summed E-state index contributed by atoms with van der Waals surface area (Å²) in [5, 5.41) is 0. The summed E-state index contributed by atoms with van der Waals surface area (Å²) < 4.78 is 5.33. The first kappa shape index (κ1) is 16.3. The first-order valence-electron chi connectivity index (χ1n) is 7.85. The first-order valence-corrected chi connectivity index (χ1v) is 7.85.